The van der Waals surface area contributed by atoms with Crippen LogP contribution in [-0.2, 0) is 12.8 Å². The molecule has 2 aromatic rings. The van der Waals surface area contributed by atoms with Crippen molar-refractivity contribution in [3.8, 4) is 11.8 Å². The summed E-state index contributed by atoms with van der Waals surface area (Å²) < 4.78 is 27.3. The molecule has 1 aliphatic rings. The molecule has 2 heteroatoms. The van der Waals surface area contributed by atoms with Gasteiger partial charge in [-0.15, -0.1) is 0 Å². The Balaban J connectivity index is 1.74. The number of unbranched alkanes of at least 4 members (excludes halogenated alkanes) is 2. The third kappa shape index (κ3) is 4.69. The average molecular weight is 338 g/mol. The van der Waals surface area contributed by atoms with Crippen LogP contribution in [0.4, 0.5) is 8.78 Å². The van der Waals surface area contributed by atoms with Crippen molar-refractivity contribution >= 4 is 0 Å². The van der Waals surface area contributed by atoms with Crippen molar-refractivity contribution in [2.24, 2.45) is 5.92 Å². The summed E-state index contributed by atoms with van der Waals surface area (Å²) in [5, 5.41) is 0. The maximum absolute atomic E-state index is 14.4. The maximum Gasteiger partial charge on any atom is 0.139 e. The molecular formula is C23H24F2. The lowest BCUT2D eigenvalue weighted by Crippen LogP contribution is -2.15. The van der Waals surface area contributed by atoms with E-state index in [0.29, 0.717) is 17.0 Å². The zero-order valence-electron chi connectivity index (χ0n) is 14.7. The molecule has 2 aromatic carbocycles. The first-order chi connectivity index (χ1) is 12.2. The van der Waals surface area contributed by atoms with Gasteiger partial charge in [-0.2, -0.15) is 0 Å². The predicted molar refractivity (Wildman–Crippen MR) is 98.4 cm³/mol. The van der Waals surface area contributed by atoms with Crippen molar-refractivity contribution in [2.75, 3.05) is 0 Å². The van der Waals surface area contributed by atoms with Gasteiger partial charge in [0, 0.05) is 5.56 Å². The standard InChI is InChI=1S/C23H24F2/c1-2-3-4-5-18-7-10-19-15-20(23(25)16-21(19)14-18)11-6-17-8-12-22(24)13-9-17/h8-9,12-13,15-16,18H,2-5,7,10,14H2,1H3. The van der Waals surface area contributed by atoms with Gasteiger partial charge in [-0.3, -0.25) is 0 Å². The number of fused-ring (bicyclic) bond motifs is 1. The van der Waals surface area contributed by atoms with Crippen molar-refractivity contribution < 1.29 is 8.78 Å². The van der Waals surface area contributed by atoms with Gasteiger partial charge in [0.05, 0.1) is 5.56 Å². The van der Waals surface area contributed by atoms with Crippen LogP contribution in [0.5, 0.6) is 0 Å². The molecule has 0 radical (unpaired) electrons. The lowest BCUT2D eigenvalue weighted by Gasteiger charge is -2.25. The average Bonchev–Trinajstić information content (AvgIpc) is 2.61. The number of rotatable bonds is 4. The zero-order valence-corrected chi connectivity index (χ0v) is 14.7. The Morgan fingerprint density at radius 3 is 2.56 bits per heavy atom. The second-order valence-electron chi connectivity index (χ2n) is 6.96. The zero-order chi connectivity index (χ0) is 17.6. The first kappa shape index (κ1) is 17.7. The van der Waals surface area contributed by atoms with E-state index in [1.54, 1.807) is 18.2 Å². The first-order valence-electron chi connectivity index (χ1n) is 9.24. The molecule has 0 saturated heterocycles. The van der Waals surface area contributed by atoms with Gasteiger partial charge in [-0.05, 0) is 72.7 Å². The highest BCUT2D eigenvalue weighted by atomic mass is 19.1. The fourth-order valence-corrected chi connectivity index (χ4v) is 3.55. The summed E-state index contributed by atoms with van der Waals surface area (Å²) in [6.45, 7) is 2.22. The maximum atomic E-state index is 14.4. The highest BCUT2D eigenvalue weighted by Crippen LogP contribution is 2.30. The molecule has 0 heterocycles. The van der Waals surface area contributed by atoms with Gasteiger partial charge < -0.3 is 0 Å². The first-order valence-corrected chi connectivity index (χ1v) is 9.24. The van der Waals surface area contributed by atoms with Crippen LogP contribution in [-0.4, -0.2) is 0 Å². The van der Waals surface area contributed by atoms with Gasteiger partial charge in [0.2, 0.25) is 0 Å². The summed E-state index contributed by atoms with van der Waals surface area (Å²) in [5.41, 5.74) is 3.51. The molecule has 25 heavy (non-hydrogen) atoms. The van der Waals surface area contributed by atoms with E-state index in [4.69, 9.17) is 0 Å². The van der Waals surface area contributed by atoms with Crippen molar-refractivity contribution in [1.82, 2.24) is 0 Å². The summed E-state index contributed by atoms with van der Waals surface area (Å²) in [6, 6.07) is 9.54. The van der Waals surface area contributed by atoms with E-state index in [1.807, 2.05) is 6.07 Å². The van der Waals surface area contributed by atoms with E-state index in [9.17, 15) is 8.78 Å². The highest BCUT2D eigenvalue weighted by molar-refractivity contribution is 5.47. The Bertz CT molecular complexity index is 778. The van der Waals surface area contributed by atoms with E-state index >= 15 is 0 Å². The molecule has 0 amide bonds. The number of hydrogen-bond acceptors (Lipinski definition) is 0. The lowest BCUT2D eigenvalue weighted by atomic mass is 9.80. The van der Waals surface area contributed by atoms with Gasteiger partial charge in [-0.1, -0.05) is 44.4 Å². The minimum atomic E-state index is -0.293. The van der Waals surface area contributed by atoms with Gasteiger partial charge in [-0.25, -0.2) is 8.78 Å². The van der Waals surface area contributed by atoms with Crippen molar-refractivity contribution in [3.05, 3.63) is 70.3 Å². The summed E-state index contributed by atoms with van der Waals surface area (Å²) in [7, 11) is 0. The second-order valence-corrected chi connectivity index (χ2v) is 6.96. The van der Waals surface area contributed by atoms with Crippen LogP contribution in [0.25, 0.3) is 0 Å². The van der Waals surface area contributed by atoms with Crippen LogP contribution in [0.15, 0.2) is 36.4 Å². The van der Waals surface area contributed by atoms with Gasteiger partial charge >= 0.3 is 0 Å². The van der Waals surface area contributed by atoms with E-state index in [2.05, 4.69) is 18.8 Å². The van der Waals surface area contributed by atoms with E-state index in [0.717, 1.165) is 18.4 Å². The molecule has 0 fully saturated rings. The summed E-state index contributed by atoms with van der Waals surface area (Å²) in [6.07, 6.45) is 8.25. The smallest absolute Gasteiger partial charge is 0.139 e. The third-order valence-electron chi connectivity index (χ3n) is 5.02. The monoisotopic (exact) mass is 338 g/mol. The molecule has 0 aliphatic heterocycles. The number of aryl methyl sites for hydroxylation is 1. The van der Waals surface area contributed by atoms with Crippen LogP contribution in [0, 0.1) is 29.4 Å². The summed E-state index contributed by atoms with van der Waals surface area (Å²) in [4.78, 5) is 0. The van der Waals surface area contributed by atoms with Gasteiger partial charge in [0.1, 0.15) is 11.6 Å². The van der Waals surface area contributed by atoms with Crippen LogP contribution in [0.3, 0.4) is 0 Å². The SMILES string of the molecule is CCCCCC1CCc2cc(C#Cc3ccc(F)cc3)c(F)cc2C1. The molecular weight excluding hydrogens is 314 g/mol. The molecule has 0 nitrogen and oxygen atoms in total. The topological polar surface area (TPSA) is 0 Å². The largest absolute Gasteiger partial charge is 0.207 e. The van der Waals surface area contributed by atoms with E-state index in [1.165, 1.54) is 49.8 Å². The fourth-order valence-electron chi connectivity index (χ4n) is 3.55. The molecule has 1 aliphatic carbocycles. The van der Waals surface area contributed by atoms with E-state index in [-0.39, 0.29) is 11.6 Å². The fraction of sp³-hybridized carbons (Fsp3) is 0.391. The lowest BCUT2D eigenvalue weighted by molar-refractivity contribution is 0.407. The quantitative estimate of drug-likeness (QED) is 0.470. The van der Waals surface area contributed by atoms with Crippen LogP contribution >= 0.6 is 0 Å². The summed E-state index contributed by atoms with van der Waals surface area (Å²) in [5.74, 6) is 5.98. The normalized spacial score (nSPS) is 16.0. The highest BCUT2D eigenvalue weighted by Gasteiger charge is 2.20. The van der Waals surface area contributed by atoms with Gasteiger partial charge in [0.25, 0.3) is 0 Å². The molecule has 1 unspecified atom stereocenters. The molecule has 0 N–H and O–H groups in total. The number of hydrogen-bond donors (Lipinski definition) is 0. The Kier molecular flexibility index (Phi) is 5.87. The minimum absolute atomic E-state index is 0.248. The van der Waals surface area contributed by atoms with Crippen LogP contribution in [0.1, 0.15) is 61.3 Å². The Morgan fingerprint density at radius 2 is 1.80 bits per heavy atom. The molecule has 0 bridgehead atoms. The Morgan fingerprint density at radius 1 is 1.00 bits per heavy atom. The molecule has 130 valence electrons. The Hall–Kier alpha value is -2.14. The Labute approximate surface area is 149 Å². The third-order valence-corrected chi connectivity index (χ3v) is 5.02. The minimum Gasteiger partial charge on any atom is -0.207 e. The van der Waals surface area contributed by atoms with Crippen LogP contribution < -0.4 is 0 Å². The summed E-state index contributed by atoms with van der Waals surface area (Å²) >= 11 is 0. The molecule has 0 aromatic heterocycles. The van der Waals surface area contributed by atoms with Crippen molar-refractivity contribution in [2.45, 2.75) is 51.9 Å². The van der Waals surface area contributed by atoms with Crippen molar-refractivity contribution in [3.63, 3.8) is 0 Å². The number of halogens is 2. The van der Waals surface area contributed by atoms with Gasteiger partial charge in [0.15, 0.2) is 0 Å². The molecule has 3 rings (SSSR count). The second kappa shape index (κ2) is 8.30. The number of benzene rings is 2. The predicted octanol–water partition coefficient (Wildman–Crippen LogP) is 6.05. The molecule has 0 spiro atoms. The molecule has 0 saturated carbocycles. The molecule has 1 atom stereocenters. The van der Waals surface area contributed by atoms with E-state index < -0.39 is 0 Å². The van der Waals surface area contributed by atoms with Crippen LogP contribution in [0.2, 0.25) is 0 Å². The van der Waals surface area contributed by atoms with Crippen molar-refractivity contribution in [1.29, 1.82) is 0 Å².